The van der Waals surface area contributed by atoms with Gasteiger partial charge in [-0.05, 0) is 91.8 Å². The molecule has 232 valence electrons. The summed E-state index contributed by atoms with van der Waals surface area (Å²) in [5.41, 5.74) is 10.5. The number of hydrogen-bond acceptors (Lipinski definition) is 8. The van der Waals surface area contributed by atoms with Crippen LogP contribution in [0.5, 0.6) is 23.0 Å². The highest BCUT2D eigenvalue weighted by molar-refractivity contribution is 7.98. The largest absolute Gasteiger partial charge is 0.507 e. The summed E-state index contributed by atoms with van der Waals surface area (Å²) in [7, 11) is 0. The lowest BCUT2D eigenvalue weighted by Gasteiger charge is -2.20. The maximum atomic E-state index is 11.6. The van der Waals surface area contributed by atoms with Crippen LogP contribution in [0.2, 0.25) is 0 Å². The summed E-state index contributed by atoms with van der Waals surface area (Å²) >= 11 is 6.89. The SMILES string of the molecule is CSCc1cc2c(O)c(c1)Cc1cc(CSC)cc(c1O)Cc1cc(CSC)cc(c1O)Cc1cc(CSC)cc(c1O)C2. The Morgan fingerprint density at radius 1 is 0.364 bits per heavy atom. The van der Waals surface area contributed by atoms with Crippen LogP contribution in [0.25, 0.3) is 0 Å². The lowest BCUT2D eigenvalue weighted by atomic mass is 9.89. The molecule has 0 heterocycles. The van der Waals surface area contributed by atoms with Gasteiger partial charge in [0.05, 0.1) is 0 Å². The molecule has 0 saturated carbocycles. The summed E-state index contributed by atoms with van der Waals surface area (Å²) < 4.78 is 0. The van der Waals surface area contributed by atoms with E-state index >= 15 is 0 Å². The van der Waals surface area contributed by atoms with Crippen molar-refractivity contribution < 1.29 is 20.4 Å². The average Bonchev–Trinajstić information content (AvgIpc) is 2.98. The highest BCUT2D eigenvalue weighted by Crippen LogP contribution is 2.40. The molecule has 4 nitrogen and oxygen atoms in total. The minimum absolute atomic E-state index is 0.207. The van der Waals surface area contributed by atoms with Crippen LogP contribution in [0.3, 0.4) is 0 Å². The van der Waals surface area contributed by atoms with E-state index in [2.05, 4.69) is 25.0 Å². The Bertz CT molecular complexity index is 1330. The van der Waals surface area contributed by atoms with E-state index in [1.807, 2.05) is 48.5 Å². The highest BCUT2D eigenvalue weighted by Gasteiger charge is 2.21. The van der Waals surface area contributed by atoms with E-state index in [1.54, 1.807) is 47.0 Å². The van der Waals surface area contributed by atoms with Gasteiger partial charge in [0.1, 0.15) is 23.0 Å². The summed E-state index contributed by atoms with van der Waals surface area (Å²) in [5, 5.41) is 46.6. The zero-order chi connectivity index (χ0) is 31.4. The fraction of sp³-hybridized carbons (Fsp3) is 0.333. The molecule has 4 N–H and O–H groups in total. The number of phenols is 4. The lowest BCUT2D eigenvalue weighted by molar-refractivity contribution is 0.450. The molecule has 0 fully saturated rings. The van der Waals surface area contributed by atoms with E-state index in [9.17, 15) is 20.4 Å². The van der Waals surface area contributed by atoms with Crippen LogP contribution >= 0.6 is 47.0 Å². The quantitative estimate of drug-likeness (QED) is 0.131. The Hall–Kier alpha value is -2.52. The van der Waals surface area contributed by atoms with E-state index in [0.29, 0.717) is 25.7 Å². The second kappa shape index (κ2) is 14.7. The predicted octanol–water partition coefficient (Wildman–Crippen LogP) is 8.64. The maximum absolute atomic E-state index is 11.6. The zero-order valence-electron chi connectivity index (χ0n) is 25.7. The molecule has 4 aromatic carbocycles. The molecule has 0 saturated heterocycles. The summed E-state index contributed by atoms with van der Waals surface area (Å²) in [6, 6.07) is 16.3. The first-order valence-electron chi connectivity index (χ1n) is 14.5. The second-order valence-electron chi connectivity index (χ2n) is 11.5. The van der Waals surface area contributed by atoms with Gasteiger partial charge in [-0.1, -0.05) is 48.5 Å². The molecule has 4 aromatic rings. The third-order valence-corrected chi connectivity index (χ3v) is 10.6. The van der Waals surface area contributed by atoms with Crippen molar-refractivity contribution in [1.29, 1.82) is 0 Å². The molecule has 0 atom stereocenters. The van der Waals surface area contributed by atoms with Crippen molar-refractivity contribution in [3.05, 3.63) is 115 Å². The Labute approximate surface area is 278 Å². The molecular weight excluding hydrogens is 625 g/mol. The van der Waals surface area contributed by atoms with Crippen LogP contribution in [0, 0.1) is 0 Å². The monoisotopic (exact) mass is 664 g/mol. The van der Waals surface area contributed by atoms with Crippen molar-refractivity contribution in [2.45, 2.75) is 48.7 Å². The Morgan fingerprint density at radius 3 is 0.659 bits per heavy atom. The molecule has 0 aromatic heterocycles. The van der Waals surface area contributed by atoms with Crippen LogP contribution in [-0.2, 0) is 48.7 Å². The minimum atomic E-state index is 0.207. The number of phenolic OH excluding ortho intramolecular Hbond substituents is 4. The molecule has 8 heteroatoms. The van der Waals surface area contributed by atoms with Gasteiger partial charge in [-0.15, -0.1) is 0 Å². The second-order valence-corrected chi connectivity index (χ2v) is 15.0. The Kier molecular flexibility index (Phi) is 11.0. The summed E-state index contributed by atoms with van der Waals surface area (Å²) in [6.07, 6.45) is 9.73. The van der Waals surface area contributed by atoms with Gasteiger partial charge in [0.15, 0.2) is 0 Å². The standard InChI is InChI=1S/C36H40O4S4/c1-41-17-21-5-25-13-27-7-22(18-42-2)9-29(34(27)38)15-31-11-24(20-44-4)12-32(36(31)40)16-30-10-23(19-43-3)8-28(35(30)39)14-26(6-21)33(25)37/h5-12,37-40H,13-20H2,1-4H3. The number of hydrogen-bond donors (Lipinski definition) is 4. The molecule has 1 aliphatic rings. The van der Waals surface area contributed by atoms with Gasteiger partial charge in [-0.3, -0.25) is 0 Å². The third-order valence-electron chi connectivity index (χ3n) is 8.08. The smallest absolute Gasteiger partial charge is 0.122 e. The highest BCUT2D eigenvalue weighted by atomic mass is 32.2. The molecule has 0 radical (unpaired) electrons. The van der Waals surface area contributed by atoms with Gasteiger partial charge < -0.3 is 20.4 Å². The van der Waals surface area contributed by atoms with E-state index < -0.39 is 0 Å². The van der Waals surface area contributed by atoms with Crippen molar-refractivity contribution in [1.82, 2.24) is 0 Å². The van der Waals surface area contributed by atoms with E-state index in [-0.39, 0.29) is 23.0 Å². The van der Waals surface area contributed by atoms with Gasteiger partial charge in [-0.25, -0.2) is 0 Å². The molecule has 0 amide bonds. The molecule has 8 bridgehead atoms. The molecular formula is C36H40O4S4. The summed E-state index contributed by atoms with van der Waals surface area (Å²) in [5.74, 6) is 4.00. The van der Waals surface area contributed by atoms with Gasteiger partial charge in [-0.2, -0.15) is 47.0 Å². The van der Waals surface area contributed by atoms with Crippen LogP contribution in [0.4, 0.5) is 0 Å². The Balaban J connectivity index is 1.79. The fourth-order valence-electron chi connectivity index (χ4n) is 6.23. The first kappa shape index (κ1) is 32.9. The zero-order valence-corrected chi connectivity index (χ0v) is 29.0. The molecule has 0 unspecified atom stereocenters. The van der Waals surface area contributed by atoms with E-state index in [4.69, 9.17) is 0 Å². The first-order valence-corrected chi connectivity index (χ1v) is 20.1. The maximum Gasteiger partial charge on any atom is 0.122 e. The van der Waals surface area contributed by atoms with Crippen molar-refractivity contribution in [3.8, 4) is 23.0 Å². The normalized spacial score (nSPS) is 12.8. The van der Waals surface area contributed by atoms with E-state index in [0.717, 1.165) is 89.8 Å². The molecule has 1 aliphatic carbocycles. The van der Waals surface area contributed by atoms with Crippen molar-refractivity contribution >= 4 is 47.0 Å². The van der Waals surface area contributed by atoms with Crippen molar-refractivity contribution in [2.75, 3.05) is 25.0 Å². The predicted molar refractivity (Wildman–Crippen MR) is 193 cm³/mol. The number of rotatable bonds is 8. The summed E-state index contributed by atoms with van der Waals surface area (Å²) in [6.45, 7) is 0. The molecule has 44 heavy (non-hydrogen) atoms. The van der Waals surface area contributed by atoms with Crippen LogP contribution < -0.4 is 0 Å². The topological polar surface area (TPSA) is 80.9 Å². The first-order chi connectivity index (χ1) is 21.2. The number of thioether (sulfide) groups is 4. The Morgan fingerprint density at radius 2 is 0.523 bits per heavy atom. The van der Waals surface area contributed by atoms with Gasteiger partial charge in [0, 0.05) is 48.7 Å². The van der Waals surface area contributed by atoms with Crippen molar-refractivity contribution in [3.63, 3.8) is 0 Å². The lowest BCUT2D eigenvalue weighted by Crippen LogP contribution is -2.04. The van der Waals surface area contributed by atoms with E-state index in [1.165, 1.54) is 0 Å². The van der Waals surface area contributed by atoms with Crippen LogP contribution in [-0.4, -0.2) is 45.4 Å². The van der Waals surface area contributed by atoms with Gasteiger partial charge >= 0.3 is 0 Å². The molecule has 0 spiro atoms. The average molecular weight is 665 g/mol. The van der Waals surface area contributed by atoms with Crippen LogP contribution in [0.15, 0.2) is 48.5 Å². The van der Waals surface area contributed by atoms with Gasteiger partial charge in [0.2, 0.25) is 0 Å². The number of benzene rings is 4. The van der Waals surface area contributed by atoms with Gasteiger partial charge in [0.25, 0.3) is 0 Å². The number of aromatic hydroxyl groups is 4. The van der Waals surface area contributed by atoms with Crippen LogP contribution in [0.1, 0.15) is 66.8 Å². The molecule has 5 rings (SSSR count). The fourth-order valence-corrected chi connectivity index (χ4v) is 8.23. The number of fused-ring (bicyclic) bond motifs is 8. The summed E-state index contributed by atoms with van der Waals surface area (Å²) in [4.78, 5) is 0. The van der Waals surface area contributed by atoms with Crippen molar-refractivity contribution in [2.24, 2.45) is 0 Å². The minimum Gasteiger partial charge on any atom is -0.507 e. The molecule has 0 aliphatic heterocycles. The third kappa shape index (κ3) is 7.30.